The van der Waals surface area contributed by atoms with Crippen LogP contribution in [0.4, 0.5) is 15.8 Å². The van der Waals surface area contributed by atoms with Crippen LogP contribution in [0.3, 0.4) is 0 Å². The fourth-order valence-electron chi connectivity index (χ4n) is 6.90. The van der Waals surface area contributed by atoms with Crippen LogP contribution < -0.4 is 4.90 Å². The van der Waals surface area contributed by atoms with Crippen LogP contribution in [0.25, 0.3) is 6.08 Å². The normalized spacial score (nSPS) is 21.5. The van der Waals surface area contributed by atoms with Gasteiger partial charge in [0, 0.05) is 40.4 Å². The van der Waals surface area contributed by atoms with E-state index in [1.54, 1.807) is 30.3 Å². The number of nitro benzene ring substituents is 1. The number of nitro groups is 1. The number of hydrogen-bond acceptors (Lipinski definition) is 6. The molecule has 4 aromatic carbocycles. The van der Waals surface area contributed by atoms with Gasteiger partial charge in [-0.25, -0.2) is 4.39 Å². The molecule has 41 heavy (non-hydrogen) atoms. The van der Waals surface area contributed by atoms with E-state index < -0.39 is 51.5 Å². The molecule has 0 aromatic heterocycles. The van der Waals surface area contributed by atoms with Gasteiger partial charge in [0.1, 0.15) is 17.3 Å². The van der Waals surface area contributed by atoms with Gasteiger partial charge in [0.15, 0.2) is 17.3 Å². The van der Waals surface area contributed by atoms with Crippen molar-refractivity contribution < 1.29 is 23.7 Å². The minimum atomic E-state index is -1.73. The van der Waals surface area contributed by atoms with E-state index in [0.29, 0.717) is 11.3 Å². The van der Waals surface area contributed by atoms with Crippen molar-refractivity contribution in [2.24, 2.45) is 5.41 Å². The number of ketones is 3. The molecule has 2 heterocycles. The Balaban J connectivity index is 1.54. The van der Waals surface area contributed by atoms with Gasteiger partial charge < -0.3 is 4.90 Å². The average Bonchev–Trinajstić information content (AvgIpc) is 3.43. The molecular formula is C33H21FN2O5. The highest BCUT2D eigenvalue weighted by atomic mass is 19.1. The monoisotopic (exact) mass is 544 g/mol. The van der Waals surface area contributed by atoms with Crippen LogP contribution >= 0.6 is 0 Å². The number of fused-ring (bicyclic) bond motifs is 5. The van der Waals surface area contributed by atoms with Crippen LogP contribution in [-0.2, 0) is 0 Å². The molecule has 4 aromatic rings. The maximum Gasteiger partial charge on any atom is 0.270 e. The third-order valence-electron chi connectivity index (χ3n) is 8.55. The van der Waals surface area contributed by atoms with E-state index in [1.165, 1.54) is 48.5 Å². The van der Waals surface area contributed by atoms with Crippen molar-refractivity contribution in [1.82, 2.24) is 0 Å². The van der Waals surface area contributed by atoms with Crippen molar-refractivity contribution >= 4 is 34.8 Å². The maximum atomic E-state index is 14.6. The van der Waals surface area contributed by atoms with Gasteiger partial charge in [-0.2, -0.15) is 0 Å². The molecule has 0 unspecified atom stereocenters. The lowest BCUT2D eigenvalue weighted by Crippen LogP contribution is -2.48. The topological polar surface area (TPSA) is 97.6 Å². The van der Waals surface area contributed by atoms with Gasteiger partial charge in [0.25, 0.3) is 5.69 Å². The van der Waals surface area contributed by atoms with E-state index >= 15 is 0 Å². The molecule has 3 atom stereocenters. The molecule has 1 spiro atoms. The molecule has 3 aliphatic rings. The number of non-ortho nitro benzene ring substituents is 1. The molecule has 0 radical (unpaired) electrons. The fourth-order valence-corrected chi connectivity index (χ4v) is 6.90. The second-order valence-electron chi connectivity index (χ2n) is 10.5. The number of Topliss-reactive ketones (excluding diaryl/α,β-unsaturated/α-hetero) is 3. The number of hydrogen-bond donors (Lipinski definition) is 0. The van der Waals surface area contributed by atoms with Crippen molar-refractivity contribution in [3.8, 4) is 0 Å². The van der Waals surface area contributed by atoms with Crippen molar-refractivity contribution in [2.45, 2.75) is 18.0 Å². The molecule has 0 amide bonds. The number of para-hydroxylation sites is 1. The summed E-state index contributed by atoms with van der Waals surface area (Å²) in [5.41, 5.74) is 0.556. The second kappa shape index (κ2) is 8.89. The number of anilines is 1. The Kier molecular flexibility index (Phi) is 5.37. The van der Waals surface area contributed by atoms with Crippen LogP contribution in [0.1, 0.15) is 48.1 Å². The molecule has 2 aliphatic heterocycles. The predicted octanol–water partition coefficient (Wildman–Crippen LogP) is 6.05. The lowest BCUT2D eigenvalue weighted by Gasteiger charge is -2.37. The lowest BCUT2D eigenvalue weighted by molar-refractivity contribution is -0.384. The second-order valence-corrected chi connectivity index (χ2v) is 10.5. The summed E-state index contributed by atoms with van der Waals surface area (Å²) in [7, 11) is 0. The molecule has 7 nitrogen and oxygen atoms in total. The molecule has 0 bridgehead atoms. The number of rotatable bonds is 4. The van der Waals surface area contributed by atoms with Crippen LogP contribution in [0, 0.1) is 21.3 Å². The first-order chi connectivity index (χ1) is 19.8. The Bertz CT molecular complexity index is 1790. The van der Waals surface area contributed by atoms with Gasteiger partial charge in [0.2, 0.25) is 0 Å². The van der Waals surface area contributed by atoms with Gasteiger partial charge in [-0.1, -0.05) is 78.9 Å². The summed E-state index contributed by atoms with van der Waals surface area (Å²) in [6.07, 6.45) is 3.64. The largest absolute Gasteiger partial charge is 0.352 e. The first kappa shape index (κ1) is 24.8. The summed E-state index contributed by atoms with van der Waals surface area (Å²) < 4.78 is 14.2. The summed E-state index contributed by atoms with van der Waals surface area (Å²) in [4.78, 5) is 56.5. The minimum Gasteiger partial charge on any atom is -0.352 e. The molecule has 8 heteroatoms. The van der Waals surface area contributed by atoms with E-state index in [1.807, 2.05) is 35.2 Å². The quantitative estimate of drug-likeness (QED) is 0.134. The summed E-state index contributed by atoms with van der Waals surface area (Å²) >= 11 is 0. The smallest absolute Gasteiger partial charge is 0.270 e. The first-order valence-corrected chi connectivity index (χ1v) is 13.1. The Hall–Kier alpha value is -5.24. The molecule has 1 aliphatic carbocycles. The first-order valence-electron chi connectivity index (χ1n) is 13.1. The summed E-state index contributed by atoms with van der Waals surface area (Å²) in [6.45, 7) is 0. The van der Waals surface area contributed by atoms with Crippen molar-refractivity contribution in [3.63, 3.8) is 0 Å². The molecule has 7 rings (SSSR count). The number of benzene rings is 4. The SMILES string of the molecule is O=C(c1cccc([N+](=O)[O-])c1)[C@@H]1[C@H](c2ccc(F)cc2)C2(C(=O)c3ccccc3C2=O)[C@H]2C=Cc3ccccc3N12. The number of nitrogens with zero attached hydrogens (tertiary/aromatic N) is 2. The number of carbonyl (C=O) groups excluding carboxylic acids is 3. The van der Waals surface area contributed by atoms with Crippen molar-refractivity contribution in [1.29, 1.82) is 0 Å². The predicted molar refractivity (Wildman–Crippen MR) is 150 cm³/mol. The minimum absolute atomic E-state index is 0.0783. The van der Waals surface area contributed by atoms with E-state index in [4.69, 9.17) is 0 Å². The van der Waals surface area contributed by atoms with Gasteiger partial charge in [0.05, 0.1) is 11.0 Å². The molecular weight excluding hydrogens is 523 g/mol. The Morgan fingerprint density at radius 2 is 1.51 bits per heavy atom. The molecule has 200 valence electrons. The average molecular weight is 545 g/mol. The van der Waals surface area contributed by atoms with Crippen LogP contribution in [0.5, 0.6) is 0 Å². The summed E-state index contributed by atoms with van der Waals surface area (Å²) in [5.74, 6) is -2.81. The zero-order valence-electron chi connectivity index (χ0n) is 21.4. The highest BCUT2D eigenvalue weighted by Gasteiger charge is 2.71. The van der Waals surface area contributed by atoms with Crippen LogP contribution in [-0.4, -0.2) is 34.4 Å². The van der Waals surface area contributed by atoms with Gasteiger partial charge in [-0.15, -0.1) is 0 Å². The summed E-state index contributed by atoms with van der Waals surface area (Å²) in [6, 6.07) is 23.0. The lowest BCUT2D eigenvalue weighted by atomic mass is 9.64. The highest BCUT2D eigenvalue weighted by Crippen LogP contribution is 2.61. The molecule has 0 saturated carbocycles. The van der Waals surface area contributed by atoms with Gasteiger partial charge >= 0.3 is 0 Å². The fraction of sp³-hybridized carbons (Fsp3) is 0.121. The van der Waals surface area contributed by atoms with E-state index in [-0.39, 0.29) is 22.4 Å². The van der Waals surface area contributed by atoms with Crippen molar-refractivity contribution in [3.05, 3.63) is 147 Å². The zero-order valence-corrected chi connectivity index (χ0v) is 21.4. The Morgan fingerprint density at radius 1 is 0.854 bits per heavy atom. The standard InChI is InChI=1S/C33H21FN2O5/c34-22-15-12-20(13-16-22)28-29(30(37)21-7-5-8-23(18-21)36(40)41)35-26-11-4-1-6-19(26)14-17-27(35)33(28)31(38)24-9-2-3-10-25(24)32(33)39/h1-18,27-29H/t27-,28+,29+/m1/s1. The maximum absolute atomic E-state index is 14.6. The Morgan fingerprint density at radius 3 is 2.20 bits per heavy atom. The van der Waals surface area contributed by atoms with Crippen LogP contribution in [0.15, 0.2) is 103 Å². The zero-order chi connectivity index (χ0) is 28.5. The van der Waals surface area contributed by atoms with E-state index in [9.17, 15) is 28.9 Å². The van der Waals surface area contributed by atoms with E-state index in [2.05, 4.69) is 0 Å². The molecule has 1 saturated heterocycles. The number of halogens is 1. The van der Waals surface area contributed by atoms with Gasteiger partial charge in [-0.3, -0.25) is 24.5 Å². The van der Waals surface area contributed by atoms with E-state index in [0.717, 1.165) is 5.56 Å². The molecule has 0 N–H and O–H groups in total. The van der Waals surface area contributed by atoms with Crippen LogP contribution in [0.2, 0.25) is 0 Å². The molecule has 1 fully saturated rings. The third kappa shape index (κ3) is 3.34. The Labute approximate surface area is 233 Å². The van der Waals surface area contributed by atoms with Crippen molar-refractivity contribution in [2.75, 3.05) is 4.90 Å². The third-order valence-corrected chi connectivity index (χ3v) is 8.55. The number of carbonyl (C=O) groups is 3. The summed E-state index contributed by atoms with van der Waals surface area (Å²) in [5, 5.41) is 11.6. The highest BCUT2D eigenvalue weighted by molar-refractivity contribution is 6.32. The van der Waals surface area contributed by atoms with Gasteiger partial charge in [-0.05, 0) is 29.3 Å².